The highest BCUT2D eigenvalue weighted by Gasteiger charge is 2.22. The number of halogens is 1. The van der Waals surface area contributed by atoms with Crippen LogP contribution in [-0.4, -0.2) is 25.5 Å². The lowest BCUT2D eigenvalue weighted by atomic mass is 9.95. The predicted octanol–water partition coefficient (Wildman–Crippen LogP) is 3.43. The average molecular weight is 389 g/mol. The van der Waals surface area contributed by atoms with E-state index in [0.29, 0.717) is 22.9 Å². The van der Waals surface area contributed by atoms with Gasteiger partial charge in [0, 0.05) is 24.0 Å². The van der Waals surface area contributed by atoms with Crippen LogP contribution in [0.1, 0.15) is 52.4 Å². The summed E-state index contributed by atoms with van der Waals surface area (Å²) in [5.74, 6) is 0.497. The third kappa shape index (κ3) is 5.21. The second-order valence-electron chi connectivity index (χ2n) is 7.02. The number of carbonyl (C=O) groups excluding carboxylic acids is 1. The second-order valence-corrected chi connectivity index (χ2v) is 7.46. The first kappa shape index (κ1) is 19.6. The predicted molar refractivity (Wildman–Crippen MR) is 107 cm³/mol. The number of benzene rings is 1. The Kier molecular flexibility index (Phi) is 6.69. The minimum Gasteiger partial charge on any atom is -0.427 e. The molecule has 6 heteroatoms. The Balaban J connectivity index is 1.57. The third-order valence-corrected chi connectivity index (χ3v) is 5.19. The van der Waals surface area contributed by atoms with Crippen molar-refractivity contribution in [2.75, 3.05) is 19.6 Å². The van der Waals surface area contributed by atoms with Gasteiger partial charge in [0.15, 0.2) is 0 Å². The Morgan fingerprint density at radius 2 is 2.11 bits per heavy atom. The van der Waals surface area contributed by atoms with Gasteiger partial charge in [-0.05, 0) is 68.5 Å². The first-order valence-corrected chi connectivity index (χ1v) is 9.80. The lowest BCUT2D eigenvalue weighted by Gasteiger charge is -2.22. The summed E-state index contributed by atoms with van der Waals surface area (Å²) in [6, 6.07) is 9.49. The zero-order valence-electron chi connectivity index (χ0n) is 15.5. The van der Waals surface area contributed by atoms with E-state index in [-0.39, 0.29) is 17.4 Å². The summed E-state index contributed by atoms with van der Waals surface area (Å²) in [7, 11) is 0. The van der Waals surface area contributed by atoms with Crippen LogP contribution in [0.25, 0.3) is 0 Å². The summed E-state index contributed by atoms with van der Waals surface area (Å²) in [4.78, 5) is 24.8. The molecule has 1 amide bonds. The number of carbonyl (C=O) groups is 1. The summed E-state index contributed by atoms with van der Waals surface area (Å²) in [6.07, 6.45) is 3.66. The smallest absolute Gasteiger partial charge is 0.349 e. The van der Waals surface area contributed by atoms with Gasteiger partial charge in [-0.2, -0.15) is 0 Å². The van der Waals surface area contributed by atoms with Crippen molar-refractivity contribution in [2.24, 2.45) is 0 Å². The van der Waals surface area contributed by atoms with Gasteiger partial charge in [-0.15, -0.1) is 0 Å². The molecule has 1 unspecified atom stereocenters. The van der Waals surface area contributed by atoms with Crippen molar-refractivity contribution in [1.29, 1.82) is 0 Å². The van der Waals surface area contributed by atoms with Crippen LogP contribution in [0.15, 0.2) is 39.5 Å². The van der Waals surface area contributed by atoms with Gasteiger partial charge in [0.25, 0.3) is 5.91 Å². The zero-order chi connectivity index (χ0) is 19.2. The van der Waals surface area contributed by atoms with Crippen LogP contribution >= 0.6 is 11.6 Å². The van der Waals surface area contributed by atoms with E-state index in [0.717, 1.165) is 44.3 Å². The molecule has 3 rings (SSSR count). The molecule has 0 radical (unpaired) electrons. The van der Waals surface area contributed by atoms with Gasteiger partial charge in [0.2, 0.25) is 0 Å². The van der Waals surface area contributed by atoms with Crippen LogP contribution in [0.4, 0.5) is 0 Å². The largest absolute Gasteiger partial charge is 0.427 e. The van der Waals surface area contributed by atoms with Gasteiger partial charge in [-0.25, -0.2) is 4.79 Å². The Hall–Kier alpha value is -2.11. The van der Waals surface area contributed by atoms with Crippen molar-refractivity contribution >= 4 is 17.5 Å². The maximum atomic E-state index is 12.4. The molecule has 1 aromatic carbocycles. The highest BCUT2D eigenvalue weighted by Crippen LogP contribution is 2.23. The van der Waals surface area contributed by atoms with E-state index in [4.69, 9.17) is 16.0 Å². The highest BCUT2D eigenvalue weighted by molar-refractivity contribution is 6.30. The minimum atomic E-state index is -0.550. The van der Waals surface area contributed by atoms with Gasteiger partial charge in [0.1, 0.15) is 11.3 Å². The standard InChI is InChI=1S/C21H25ClN2O3/c1-14-12-18(16-5-3-10-23-13-16)27-21(26)19(14)20(25)24-11-2-4-15-6-8-17(22)9-7-15/h6-9,12,16,23H,2-5,10-11,13H2,1H3,(H,24,25). The molecule has 2 N–H and O–H groups in total. The maximum Gasteiger partial charge on any atom is 0.349 e. The van der Waals surface area contributed by atoms with E-state index < -0.39 is 5.63 Å². The molecule has 5 nitrogen and oxygen atoms in total. The fraction of sp³-hybridized carbons (Fsp3) is 0.429. The van der Waals surface area contributed by atoms with Gasteiger partial charge < -0.3 is 15.1 Å². The van der Waals surface area contributed by atoms with Crippen molar-refractivity contribution in [3.05, 3.63) is 68.2 Å². The van der Waals surface area contributed by atoms with Crippen molar-refractivity contribution in [1.82, 2.24) is 10.6 Å². The number of hydrogen-bond acceptors (Lipinski definition) is 4. The quantitative estimate of drug-likeness (QED) is 0.744. The first-order chi connectivity index (χ1) is 13.0. The summed E-state index contributed by atoms with van der Waals surface area (Å²) in [5.41, 5.74) is 1.39. The normalized spacial score (nSPS) is 16.9. The molecule has 0 aliphatic carbocycles. The van der Waals surface area contributed by atoms with E-state index in [9.17, 15) is 9.59 Å². The molecule has 2 aromatic rings. The second kappa shape index (κ2) is 9.20. The third-order valence-electron chi connectivity index (χ3n) is 4.94. The molecule has 27 heavy (non-hydrogen) atoms. The SMILES string of the molecule is Cc1cc(C2CCCNC2)oc(=O)c1C(=O)NCCCc1ccc(Cl)cc1. The number of aryl methyl sites for hydroxylation is 2. The van der Waals surface area contributed by atoms with Crippen LogP contribution in [0, 0.1) is 6.92 Å². The van der Waals surface area contributed by atoms with E-state index in [1.54, 1.807) is 6.92 Å². The fourth-order valence-corrected chi connectivity index (χ4v) is 3.56. The van der Waals surface area contributed by atoms with E-state index in [2.05, 4.69) is 10.6 Å². The summed E-state index contributed by atoms with van der Waals surface area (Å²) in [6.45, 7) is 4.09. The molecule has 0 bridgehead atoms. The monoisotopic (exact) mass is 388 g/mol. The highest BCUT2D eigenvalue weighted by atomic mass is 35.5. The summed E-state index contributed by atoms with van der Waals surface area (Å²) < 4.78 is 5.47. The van der Waals surface area contributed by atoms with Gasteiger partial charge in [0.05, 0.1) is 0 Å². The van der Waals surface area contributed by atoms with Crippen molar-refractivity contribution < 1.29 is 9.21 Å². The number of amides is 1. The molecular weight excluding hydrogens is 364 g/mol. The molecule has 144 valence electrons. The van der Waals surface area contributed by atoms with Gasteiger partial charge in [-0.3, -0.25) is 4.79 Å². The van der Waals surface area contributed by atoms with E-state index in [1.807, 2.05) is 30.3 Å². The first-order valence-electron chi connectivity index (χ1n) is 9.42. The van der Waals surface area contributed by atoms with Crippen LogP contribution in [0.2, 0.25) is 5.02 Å². The molecule has 2 heterocycles. The lowest BCUT2D eigenvalue weighted by Crippen LogP contribution is -2.32. The molecule has 1 aromatic heterocycles. The molecule has 0 spiro atoms. The molecule has 1 atom stereocenters. The number of nitrogens with one attached hydrogen (secondary N) is 2. The van der Waals surface area contributed by atoms with Gasteiger partial charge in [-0.1, -0.05) is 23.7 Å². The summed E-state index contributed by atoms with van der Waals surface area (Å²) in [5, 5.41) is 6.85. The van der Waals surface area contributed by atoms with E-state index >= 15 is 0 Å². The number of piperidine rings is 1. The zero-order valence-corrected chi connectivity index (χ0v) is 16.3. The number of hydrogen-bond donors (Lipinski definition) is 2. The minimum absolute atomic E-state index is 0.106. The van der Waals surface area contributed by atoms with Gasteiger partial charge >= 0.3 is 5.63 Å². The van der Waals surface area contributed by atoms with Crippen molar-refractivity contribution in [3.8, 4) is 0 Å². The van der Waals surface area contributed by atoms with Crippen LogP contribution < -0.4 is 16.3 Å². The van der Waals surface area contributed by atoms with E-state index in [1.165, 1.54) is 0 Å². The molecule has 1 aliphatic rings. The Labute approximate surface area is 164 Å². The molecular formula is C21H25ClN2O3. The molecule has 1 aliphatic heterocycles. The van der Waals surface area contributed by atoms with Crippen molar-refractivity contribution in [2.45, 2.75) is 38.5 Å². The number of rotatable bonds is 6. The lowest BCUT2D eigenvalue weighted by molar-refractivity contribution is 0.0948. The van der Waals surface area contributed by atoms with Crippen molar-refractivity contribution in [3.63, 3.8) is 0 Å². The topological polar surface area (TPSA) is 71.3 Å². The molecule has 1 fully saturated rings. The van der Waals surface area contributed by atoms with Crippen LogP contribution in [0.3, 0.4) is 0 Å². The van der Waals surface area contributed by atoms with Crippen LogP contribution in [-0.2, 0) is 6.42 Å². The Morgan fingerprint density at radius 1 is 1.33 bits per heavy atom. The molecule has 1 saturated heterocycles. The fourth-order valence-electron chi connectivity index (χ4n) is 3.44. The summed E-state index contributed by atoms with van der Waals surface area (Å²) >= 11 is 5.87. The average Bonchev–Trinajstić information content (AvgIpc) is 2.67. The Morgan fingerprint density at radius 3 is 2.78 bits per heavy atom. The van der Waals surface area contributed by atoms with Crippen LogP contribution in [0.5, 0.6) is 0 Å². The Bertz CT molecular complexity index is 839. The maximum absolute atomic E-state index is 12.4. The molecule has 0 saturated carbocycles.